The van der Waals surface area contributed by atoms with Crippen LogP contribution in [0.3, 0.4) is 0 Å². The van der Waals surface area contributed by atoms with Gasteiger partial charge in [0, 0.05) is 0 Å². The van der Waals surface area contributed by atoms with Crippen molar-refractivity contribution in [1.82, 2.24) is 0 Å². The topological polar surface area (TPSA) is 72.7 Å². The Morgan fingerprint density at radius 2 is 2.12 bits per heavy atom. The molecular formula is C11H21NO3S. The van der Waals surface area contributed by atoms with Crippen LogP contribution in [-0.2, 0) is 16.2 Å². The summed E-state index contributed by atoms with van der Waals surface area (Å²) in [5, 5.41) is 8.65. The Labute approximate surface area is 100 Å². The molecule has 0 amide bonds. The van der Waals surface area contributed by atoms with E-state index in [0.29, 0.717) is 12.8 Å². The minimum absolute atomic E-state index is 0.318. The third-order valence-electron chi connectivity index (χ3n) is 2.09. The first kappa shape index (κ1) is 15.4. The van der Waals surface area contributed by atoms with Crippen LogP contribution in [0.4, 0.5) is 0 Å². The molecule has 1 unspecified atom stereocenters. The second-order valence-electron chi connectivity index (χ2n) is 4.82. The van der Waals surface area contributed by atoms with Crippen LogP contribution in [0.15, 0.2) is 4.40 Å². The van der Waals surface area contributed by atoms with Gasteiger partial charge in [0.2, 0.25) is 0 Å². The molecule has 0 aliphatic rings. The van der Waals surface area contributed by atoms with Crippen molar-refractivity contribution in [2.24, 2.45) is 10.3 Å². The molecular weight excluding hydrogens is 226 g/mol. The highest BCUT2D eigenvalue weighted by atomic mass is 32.2. The van der Waals surface area contributed by atoms with Crippen molar-refractivity contribution in [2.75, 3.05) is 0 Å². The van der Waals surface area contributed by atoms with Gasteiger partial charge in [-0.2, -0.15) is 0 Å². The second kappa shape index (κ2) is 6.91. The largest absolute Gasteiger partial charge is 0.591 e. The van der Waals surface area contributed by atoms with Gasteiger partial charge in [0.25, 0.3) is 0 Å². The summed E-state index contributed by atoms with van der Waals surface area (Å²) in [6.07, 6.45) is 3.71. The van der Waals surface area contributed by atoms with E-state index < -0.39 is 17.3 Å². The van der Waals surface area contributed by atoms with Gasteiger partial charge in [0.1, 0.15) is 16.1 Å². The zero-order valence-electron chi connectivity index (χ0n) is 10.4. The molecule has 94 valence electrons. The summed E-state index contributed by atoms with van der Waals surface area (Å²) in [6.45, 7) is 7.29. The molecule has 0 rings (SSSR count). The van der Waals surface area contributed by atoms with Crippen LogP contribution in [0.25, 0.3) is 0 Å². The molecule has 0 saturated carbocycles. The van der Waals surface area contributed by atoms with Crippen molar-refractivity contribution < 1.29 is 14.5 Å². The van der Waals surface area contributed by atoms with Crippen molar-refractivity contribution in [1.29, 1.82) is 0 Å². The van der Waals surface area contributed by atoms with E-state index in [1.54, 1.807) is 13.1 Å². The SMILES string of the molecule is CC(CCC/C=N/[S@+]([O-])C(C)(C)C)C(=O)O. The maximum atomic E-state index is 11.5. The standard InChI is InChI=1S/C11H21NO3S/c1-9(10(13)14)7-5-6-8-12-16(15)11(2,3)4/h8-9H,5-7H2,1-4H3,(H,13,14)/b12-8+/t9?,16-/m1/s1. The number of hydrogen-bond donors (Lipinski definition) is 1. The van der Waals surface area contributed by atoms with Crippen LogP contribution in [0, 0.1) is 5.92 Å². The van der Waals surface area contributed by atoms with Gasteiger partial charge in [-0.3, -0.25) is 4.79 Å². The van der Waals surface area contributed by atoms with Crippen LogP contribution in [-0.4, -0.2) is 26.6 Å². The van der Waals surface area contributed by atoms with Gasteiger partial charge in [-0.15, -0.1) is 0 Å². The Hall–Kier alpha value is -0.550. The lowest BCUT2D eigenvalue weighted by molar-refractivity contribution is -0.141. The Bertz CT molecular complexity index is 248. The zero-order chi connectivity index (χ0) is 12.8. The first-order valence-corrected chi connectivity index (χ1v) is 6.53. The van der Waals surface area contributed by atoms with Crippen LogP contribution >= 0.6 is 0 Å². The van der Waals surface area contributed by atoms with E-state index in [4.69, 9.17) is 5.11 Å². The third-order valence-corrected chi connectivity index (χ3v) is 3.47. The number of carboxylic acids is 1. The van der Waals surface area contributed by atoms with E-state index in [1.165, 1.54) is 0 Å². The lowest BCUT2D eigenvalue weighted by atomic mass is 10.1. The summed E-state index contributed by atoms with van der Waals surface area (Å²) >= 11 is -1.21. The minimum atomic E-state index is -1.21. The lowest BCUT2D eigenvalue weighted by Gasteiger charge is -2.17. The highest BCUT2D eigenvalue weighted by molar-refractivity contribution is 7.91. The first-order valence-electron chi connectivity index (χ1n) is 5.42. The van der Waals surface area contributed by atoms with Crippen LogP contribution < -0.4 is 0 Å². The number of carboxylic acid groups (broad SMARTS) is 1. The van der Waals surface area contributed by atoms with Gasteiger partial charge in [-0.1, -0.05) is 11.3 Å². The molecule has 16 heavy (non-hydrogen) atoms. The van der Waals surface area contributed by atoms with Crippen molar-refractivity contribution >= 4 is 23.5 Å². The summed E-state index contributed by atoms with van der Waals surface area (Å²) in [5.74, 6) is -1.09. The Balaban J connectivity index is 3.75. The van der Waals surface area contributed by atoms with Crippen molar-refractivity contribution in [3.8, 4) is 0 Å². The normalized spacial score (nSPS) is 16.3. The molecule has 0 radical (unpaired) electrons. The summed E-state index contributed by atoms with van der Waals surface area (Å²) in [6, 6.07) is 0. The molecule has 0 aromatic carbocycles. The van der Waals surface area contributed by atoms with E-state index in [1.807, 2.05) is 20.8 Å². The monoisotopic (exact) mass is 247 g/mol. The Morgan fingerprint density at radius 1 is 1.56 bits per heavy atom. The average Bonchev–Trinajstić information content (AvgIpc) is 2.14. The number of unbranched alkanes of at least 4 members (excludes halogenated alkanes) is 1. The average molecular weight is 247 g/mol. The van der Waals surface area contributed by atoms with Gasteiger partial charge >= 0.3 is 5.97 Å². The minimum Gasteiger partial charge on any atom is -0.591 e. The molecule has 4 nitrogen and oxygen atoms in total. The molecule has 1 N–H and O–H groups in total. The third kappa shape index (κ3) is 6.85. The van der Waals surface area contributed by atoms with Crippen molar-refractivity contribution in [3.63, 3.8) is 0 Å². The van der Waals surface area contributed by atoms with E-state index in [0.717, 1.165) is 6.42 Å². The predicted octanol–water partition coefficient (Wildman–Crippen LogP) is 2.41. The zero-order valence-corrected chi connectivity index (χ0v) is 11.2. The van der Waals surface area contributed by atoms with E-state index >= 15 is 0 Å². The first-order chi connectivity index (χ1) is 7.25. The maximum Gasteiger partial charge on any atom is 0.306 e. The number of hydrogen-bond acceptors (Lipinski definition) is 3. The molecule has 0 aliphatic carbocycles. The fraction of sp³-hybridized carbons (Fsp3) is 0.818. The summed E-state index contributed by atoms with van der Waals surface area (Å²) in [5.41, 5.74) is 0. The highest BCUT2D eigenvalue weighted by Gasteiger charge is 2.25. The van der Waals surface area contributed by atoms with Gasteiger partial charge in [-0.25, -0.2) is 0 Å². The van der Waals surface area contributed by atoms with E-state index in [-0.39, 0.29) is 10.7 Å². The molecule has 0 spiro atoms. The van der Waals surface area contributed by atoms with E-state index in [2.05, 4.69) is 4.40 Å². The fourth-order valence-electron chi connectivity index (χ4n) is 0.917. The maximum absolute atomic E-state index is 11.5. The number of rotatable bonds is 6. The predicted molar refractivity (Wildman–Crippen MR) is 67.0 cm³/mol. The molecule has 2 atom stereocenters. The molecule has 0 aromatic rings. The van der Waals surface area contributed by atoms with Crippen LogP contribution in [0.5, 0.6) is 0 Å². The quantitative estimate of drug-likeness (QED) is 0.445. The number of aliphatic carboxylic acids is 1. The van der Waals surface area contributed by atoms with Gasteiger partial charge in [0.15, 0.2) is 0 Å². The van der Waals surface area contributed by atoms with Crippen LogP contribution in [0.1, 0.15) is 47.0 Å². The van der Waals surface area contributed by atoms with Gasteiger partial charge in [-0.05, 0) is 40.0 Å². The number of carbonyl (C=O) groups is 1. The molecule has 5 heteroatoms. The smallest absolute Gasteiger partial charge is 0.306 e. The van der Waals surface area contributed by atoms with Gasteiger partial charge in [0.05, 0.1) is 12.1 Å². The Morgan fingerprint density at radius 3 is 2.56 bits per heavy atom. The summed E-state index contributed by atoms with van der Waals surface area (Å²) in [4.78, 5) is 10.5. The molecule has 0 aliphatic heterocycles. The number of nitrogens with zero attached hydrogens (tertiary/aromatic N) is 1. The van der Waals surface area contributed by atoms with Crippen molar-refractivity contribution in [2.45, 2.75) is 51.7 Å². The van der Waals surface area contributed by atoms with Crippen LogP contribution in [0.2, 0.25) is 0 Å². The summed E-state index contributed by atoms with van der Waals surface area (Å²) < 4.78 is 15.1. The summed E-state index contributed by atoms with van der Waals surface area (Å²) in [7, 11) is 0. The van der Waals surface area contributed by atoms with Gasteiger partial charge < -0.3 is 9.66 Å². The Kier molecular flexibility index (Phi) is 6.67. The second-order valence-corrected chi connectivity index (χ2v) is 6.75. The molecule has 0 bridgehead atoms. The highest BCUT2D eigenvalue weighted by Crippen LogP contribution is 2.16. The molecule has 0 saturated heterocycles. The molecule has 0 fully saturated rings. The lowest BCUT2D eigenvalue weighted by Crippen LogP contribution is -2.25. The molecule has 0 aromatic heterocycles. The van der Waals surface area contributed by atoms with Crippen molar-refractivity contribution in [3.05, 3.63) is 0 Å². The van der Waals surface area contributed by atoms with E-state index in [9.17, 15) is 9.35 Å². The molecule has 0 heterocycles. The fourth-order valence-corrected chi connectivity index (χ4v) is 1.47.